The van der Waals surface area contributed by atoms with E-state index in [0.29, 0.717) is 35.3 Å². The third-order valence-electron chi connectivity index (χ3n) is 7.16. The number of hydrogen-bond acceptors (Lipinski definition) is 6. The minimum absolute atomic E-state index is 0.228. The lowest BCUT2D eigenvalue weighted by Crippen LogP contribution is -2.44. The molecule has 0 unspecified atom stereocenters. The summed E-state index contributed by atoms with van der Waals surface area (Å²) in [5.41, 5.74) is 5.44. The molecule has 9 nitrogen and oxygen atoms in total. The number of hydrogen-bond donors (Lipinski definition) is 2. The van der Waals surface area contributed by atoms with Crippen molar-refractivity contribution in [3.8, 4) is 0 Å². The number of carboxylic acids is 2. The van der Waals surface area contributed by atoms with Crippen LogP contribution in [0.1, 0.15) is 41.4 Å². The van der Waals surface area contributed by atoms with Gasteiger partial charge in [-0.2, -0.15) is 0 Å². The van der Waals surface area contributed by atoms with E-state index in [1.165, 1.54) is 27.6 Å². The average Bonchev–Trinajstić information content (AvgIpc) is 3.31. The smallest absolute Gasteiger partial charge is 0.328 e. The Morgan fingerprint density at radius 1 is 1.05 bits per heavy atom. The predicted molar refractivity (Wildman–Crippen MR) is 155 cm³/mol. The van der Waals surface area contributed by atoms with Crippen molar-refractivity contribution in [3.05, 3.63) is 88.6 Å². The Labute approximate surface area is 242 Å². The molecule has 0 saturated carbocycles. The van der Waals surface area contributed by atoms with Crippen molar-refractivity contribution < 1.29 is 34.1 Å². The van der Waals surface area contributed by atoms with Crippen molar-refractivity contribution in [1.82, 2.24) is 9.47 Å². The van der Waals surface area contributed by atoms with Gasteiger partial charge in [0.05, 0.1) is 5.92 Å². The Bertz CT molecular complexity index is 1540. The van der Waals surface area contributed by atoms with Gasteiger partial charge in [-0.1, -0.05) is 29.8 Å². The van der Waals surface area contributed by atoms with E-state index in [4.69, 9.17) is 26.6 Å². The molecule has 2 aromatic carbocycles. The molecule has 0 fully saturated rings. The standard InChI is InChI=1S/C27H27ClN2O3.C4H4O4/c1-16(2)30-14-18-12-24-22(21-5-4-6-23(30)26(18)21)11-19(13-29(24)3)27(32)33-15-25(31)17-7-9-20(28)10-8-17;5-3(6)1-2-4(7)8/h4-11,14,16,19,24H,12-13,15H2,1-3H3;1-2H,(H,5,6)(H,7,8)/b;2-1-/t19-,24-;/m1./s1. The van der Waals surface area contributed by atoms with E-state index in [1.54, 1.807) is 24.3 Å². The Kier molecular flexibility index (Phi) is 9.10. The molecule has 1 aliphatic carbocycles. The number of Topliss-reactive ketones (excluding diaryl/α,β-unsaturated/α-hetero) is 1. The molecule has 2 heterocycles. The number of aromatic nitrogens is 1. The summed E-state index contributed by atoms with van der Waals surface area (Å²) in [6.07, 6.45) is 6.38. The fourth-order valence-corrected chi connectivity index (χ4v) is 5.39. The Balaban J connectivity index is 0.000000426. The van der Waals surface area contributed by atoms with E-state index in [2.05, 4.69) is 60.8 Å². The average molecular weight is 579 g/mol. The topological polar surface area (TPSA) is 126 Å². The van der Waals surface area contributed by atoms with E-state index in [9.17, 15) is 19.2 Å². The minimum Gasteiger partial charge on any atom is -0.478 e. The number of fused-ring (bicyclic) bond motifs is 2. The maximum atomic E-state index is 12.9. The number of esters is 1. The first-order valence-electron chi connectivity index (χ1n) is 13.1. The number of aliphatic carboxylic acids is 2. The highest BCUT2D eigenvalue weighted by Crippen LogP contribution is 2.42. The fraction of sp³-hybridized carbons (Fsp3) is 0.290. The van der Waals surface area contributed by atoms with E-state index >= 15 is 0 Å². The van der Waals surface area contributed by atoms with Crippen LogP contribution < -0.4 is 0 Å². The van der Waals surface area contributed by atoms with Crippen LogP contribution >= 0.6 is 11.6 Å². The summed E-state index contributed by atoms with van der Waals surface area (Å²) < 4.78 is 7.77. The van der Waals surface area contributed by atoms with Gasteiger partial charge >= 0.3 is 17.9 Å². The van der Waals surface area contributed by atoms with Crippen LogP contribution in [0.3, 0.4) is 0 Å². The molecule has 0 radical (unpaired) electrons. The number of likely N-dealkylation sites (N-methyl/N-ethyl adjacent to an activating group) is 1. The Morgan fingerprint density at radius 2 is 1.71 bits per heavy atom. The number of halogens is 1. The van der Waals surface area contributed by atoms with Gasteiger partial charge in [0.1, 0.15) is 0 Å². The summed E-state index contributed by atoms with van der Waals surface area (Å²) in [5.74, 6) is -3.53. The number of ether oxygens (including phenoxy) is 1. The van der Waals surface area contributed by atoms with E-state index < -0.39 is 17.9 Å². The lowest BCUT2D eigenvalue weighted by molar-refractivity contribution is -0.146. The molecular formula is C31H31ClN2O7. The largest absolute Gasteiger partial charge is 0.478 e. The van der Waals surface area contributed by atoms with Gasteiger partial charge < -0.3 is 19.5 Å². The summed E-state index contributed by atoms with van der Waals surface area (Å²) in [6, 6.07) is 13.6. The van der Waals surface area contributed by atoms with Gasteiger partial charge in [0.15, 0.2) is 12.4 Å². The minimum atomic E-state index is -1.26. The molecule has 0 saturated heterocycles. The number of carbonyl (C=O) groups is 4. The highest BCUT2D eigenvalue weighted by Gasteiger charge is 2.36. The van der Waals surface area contributed by atoms with Crippen LogP contribution in [0.2, 0.25) is 5.02 Å². The van der Waals surface area contributed by atoms with Crippen molar-refractivity contribution >= 4 is 51.8 Å². The summed E-state index contributed by atoms with van der Waals surface area (Å²) in [6.45, 7) is 4.69. The predicted octanol–water partition coefficient (Wildman–Crippen LogP) is 4.88. The molecule has 2 aliphatic rings. The van der Waals surface area contributed by atoms with Crippen molar-refractivity contribution in [2.75, 3.05) is 20.2 Å². The number of nitrogens with zero attached hydrogens (tertiary/aromatic N) is 2. The molecule has 214 valence electrons. The van der Waals surface area contributed by atoms with E-state index in [0.717, 1.165) is 6.42 Å². The quantitative estimate of drug-likeness (QED) is 0.231. The molecule has 0 bridgehead atoms. The monoisotopic (exact) mass is 578 g/mol. The van der Waals surface area contributed by atoms with Gasteiger partial charge in [0.25, 0.3) is 0 Å². The highest BCUT2D eigenvalue weighted by atomic mass is 35.5. The molecule has 41 heavy (non-hydrogen) atoms. The Morgan fingerprint density at radius 3 is 2.32 bits per heavy atom. The summed E-state index contributed by atoms with van der Waals surface area (Å²) in [7, 11) is 2.06. The first-order chi connectivity index (χ1) is 19.5. The SMILES string of the molecule is CC(C)n1cc2c3c(cccc31)C1=C[C@@H](C(=O)OCC(=O)c3ccc(Cl)cc3)CN(C)[C@@H]1C2.O=C(O)/C=C\C(=O)O. The molecule has 5 rings (SSSR count). The molecular weight excluding hydrogens is 548 g/mol. The van der Waals surface area contributed by atoms with Crippen molar-refractivity contribution in [1.29, 1.82) is 0 Å². The van der Waals surface area contributed by atoms with Gasteiger partial charge in [-0.3, -0.25) is 14.5 Å². The first kappa shape index (κ1) is 29.8. The molecule has 3 aromatic rings. The van der Waals surface area contributed by atoms with Gasteiger partial charge in [0, 0.05) is 58.5 Å². The van der Waals surface area contributed by atoms with Crippen LogP contribution in [-0.4, -0.2) is 69.6 Å². The highest BCUT2D eigenvalue weighted by molar-refractivity contribution is 6.30. The lowest BCUT2D eigenvalue weighted by atomic mass is 9.80. The summed E-state index contributed by atoms with van der Waals surface area (Å²) in [4.78, 5) is 46.7. The molecule has 1 aromatic heterocycles. The first-order valence-corrected chi connectivity index (χ1v) is 13.5. The summed E-state index contributed by atoms with van der Waals surface area (Å²) in [5, 5.41) is 17.5. The zero-order valence-electron chi connectivity index (χ0n) is 22.9. The van der Waals surface area contributed by atoms with Crippen molar-refractivity contribution in [2.24, 2.45) is 5.92 Å². The van der Waals surface area contributed by atoms with E-state index in [1.807, 2.05) is 0 Å². The second-order valence-corrected chi connectivity index (χ2v) is 10.7. The molecule has 0 amide bonds. The second-order valence-electron chi connectivity index (χ2n) is 10.3. The van der Waals surface area contributed by atoms with Crippen LogP contribution in [-0.2, 0) is 25.5 Å². The van der Waals surface area contributed by atoms with Crippen LogP contribution in [0.25, 0.3) is 16.5 Å². The van der Waals surface area contributed by atoms with Crippen LogP contribution in [0.5, 0.6) is 0 Å². The lowest BCUT2D eigenvalue weighted by Gasteiger charge is -2.39. The molecule has 1 aliphatic heterocycles. The molecule has 2 atom stereocenters. The van der Waals surface area contributed by atoms with Gasteiger partial charge in [-0.15, -0.1) is 0 Å². The fourth-order valence-electron chi connectivity index (χ4n) is 5.26. The third-order valence-corrected chi connectivity index (χ3v) is 7.41. The van der Waals surface area contributed by atoms with Crippen LogP contribution in [0, 0.1) is 5.92 Å². The zero-order valence-corrected chi connectivity index (χ0v) is 23.7. The number of rotatable bonds is 7. The summed E-state index contributed by atoms with van der Waals surface area (Å²) >= 11 is 5.88. The Hall–Kier alpha value is -4.21. The van der Waals surface area contributed by atoms with Crippen LogP contribution in [0.15, 0.2) is 66.9 Å². The third kappa shape index (κ3) is 6.75. The molecule has 2 N–H and O–H groups in total. The maximum Gasteiger partial charge on any atom is 0.328 e. The number of benzene rings is 2. The number of carboxylic acid groups (broad SMARTS) is 2. The van der Waals surface area contributed by atoms with Crippen molar-refractivity contribution in [2.45, 2.75) is 32.4 Å². The van der Waals surface area contributed by atoms with E-state index in [-0.39, 0.29) is 24.4 Å². The van der Waals surface area contributed by atoms with Crippen LogP contribution in [0.4, 0.5) is 0 Å². The zero-order chi connectivity index (χ0) is 29.8. The van der Waals surface area contributed by atoms with Gasteiger partial charge in [0.2, 0.25) is 0 Å². The molecule has 10 heteroatoms. The van der Waals surface area contributed by atoms with Crippen molar-refractivity contribution in [3.63, 3.8) is 0 Å². The normalized spacial score (nSPS) is 17.9. The van der Waals surface area contributed by atoms with Gasteiger partial charge in [-0.05, 0) is 74.3 Å². The maximum absolute atomic E-state index is 12.9. The molecule has 0 spiro atoms. The number of carbonyl (C=O) groups excluding carboxylic acids is 2. The number of ketones is 1. The van der Waals surface area contributed by atoms with Gasteiger partial charge in [-0.25, -0.2) is 9.59 Å². The second kappa shape index (κ2) is 12.5.